The van der Waals surface area contributed by atoms with Gasteiger partial charge in [0.05, 0.1) is 15.5 Å². The number of nitro benzene ring substituents is 1. The molecule has 0 unspecified atom stereocenters. The molecular formula is C19H24ClN5O3. The van der Waals surface area contributed by atoms with Gasteiger partial charge in [0, 0.05) is 69.7 Å². The van der Waals surface area contributed by atoms with E-state index in [1.807, 2.05) is 12.4 Å². The van der Waals surface area contributed by atoms with Crippen LogP contribution in [-0.2, 0) is 6.54 Å². The van der Waals surface area contributed by atoms with Gasteiger partial charge in [0.25, 0.3) is 11.6 Å². The van der Waals surface area contributed by atoms with E-state index in [0.29, 0.717) is 19.0 Å². The largest absolute Gasteiger partial charge is 0.336 e. The summed E-state index contributed by atoms with van der Waals surface area (Å²) in [6.07, 6.45) is 3.83. The quantitative estimate of drug-likeness (QED) is 0.544. The number of imidazole rings is 1. The number of non-ortho nitro benzene ring substituents is 1. The standard InChI is InChI=1S/C19H24ClN5O3/c1-14(2)18-21-5-6-23(18)10-7-22-8-11-24(12-9-22)19(26)16-13-15(25(27)28)3-4-17(16)20/h3-6,13-14H,7-12H2,1-2H3. The van der Waals surface area contributed by atoms with Crippen molar-refractivity contribution in [3.8, 4) is 0 Å². The van der Waals surface area contributed by atoms with Gasteiger partial charge in [-0.05, 0) is 6.07 Å². The molecule has 1 saturated heterocycles. The highest BCUT2D eigenvalue weighted by atomic mass is 35.5. The molecule has 0 aliphatic carbocycles. The molecule has 28 heavy (non-hydrogen) atoms. The number of amides is 1. The molecule has 8 nitrogen and oxygen atoms in total. The summed E-state index contributed by atoms with van der Waals surface area (Å²) < 4.78 is 2.17. The van der Waals surface area contributed by atoms with Crippen LogP contribution in [0.1, 0.15) is 35.9 Å². The van der Waals surface area contributed by atoms with Crippen molar-refractivity contribution in [3.05, 3.63) is 57.1 Å². The van der Waals surface area contributed by atoms with Gasteiger partial charge in [0.1, 0.15) is 5.82 Å². The molecule has 3 rings (SSSR count). The molecule has 1 aliphatic heterocycles. The van der Waals surface area contributed by atoms with E-state index in [9.17, 15) is 14.9 Å². The summed E-state index contributed by atoms with van der Waals surface area (Å²) in [7, 11) is 0. The lowest BCUT2D eigenvalue weighted by Gasteiger charge is -2.35. The molecule has 150 valence electrons. The highest BCUT2D eigenvalue weighted by Gasteiger charge is 2.25. The van der Waals surface area contributed by atoms with E-state index in [1.54, 1.807) is 4.90 Å². The number of hydrogen-bond acceptors (Lipinski definition) is 5. The predicted molar refractivity (Wildman–Crippen MR) is 107 cm³/mol. The SMILES string of the molecule is CC(C)c1nccn1CCN1CCN(C(=O)c2cc([N+](=O)[O-])ccc2Cl)CC1. The molecule has 1 aromatic heterocycles. The molecule has 0 N–H and O–H groups in total. The van der Waals surface area contributed by atoms with E-state index >= 15 is 0 Å². The number of benzene rings is 1. The number of piperazine rings is 1. The summed E-state index contributed by atoms with van der Waals surface area (Å²) >= 11 is 6.10. The third-order valence-electron chi connectivity index (χ3n) is 4.97. The third-order valence-corrected chi connectivity index (χ3v) is 5.30. The summed E-state index contributed by atoms with van der Waals surface area (Å²) in [6.45, 7) is 8.64. The fourth-order valence-electron chi connectivity index (χ4n) is 3.40. The first-order valence-electron chi connectivity index (χ1n) is 9.33. The van der Waals surface area contributed by atoms with Crippen LogP contribution in [0.25, 0.3) is 0 Å². The molecule has 0 spiro atoms. The van der Waals surface area contributed by atoms with Crippen LogP contribution >= 0.6 is 11.6 Å². The molecule has 2 aromatic rings. The minimum atomic E-state index is -0.521. The normalized spacial score (nSPS) is 15.2. The van der Waals surface area contributed by atoms with Gasteiger partial charge in [0.2, 0.25) is 0 Å². The zero-order valence-corrected chi connectivity index (χ0v) is 16.8. The van der Waals surface area contributed by atoms with Crippen molar-refractivity contribution in [1.29, 1.82) is 0 Å². The number of carbonyl (C=O) groups is 1. The number of nitrogens with zero attached hydrogens (tertiary/aromatic N) is 5. The fourth-order valence-corrected chi connectivity index (χ4v) is 3.59. The Morgan fingerprint density at radius 1 is 1.25 bits per heavy atom. The summed E-state index contributed by atoms with van der Waals surface area (Å²) in [5.74, 6) is 1.20. The lowest BCUT2D eigenvalue weighted by atomic mass is 10.1. The Bertz CT molecular complexity index is 859. The second-order valence-corrected chi connectivity index (χ2v) is 7.60. The molecule has 0 atom stereocenters. The Morgan fingerprint density at radius 3 is 2.61 bits per heavy atom. The average Bonchev–Trinajstić information content (AvgIpc) is 3.15. The van der Waals surface area contributed by atoms with Crippen molar-refractivity contribution in [2.45, 2.75) is 26.3 Å². The monoisotopic (exact) mass is 405 g/mol. The van der Waals surface area contributed by atoms with Crippen LogP contribution in [0.15, 0.2) is 30.6 Å². The minimum Gasteiger partial charge on any atom is -0.336 e. The predicted octanol–water partition coefficient (Wildman–Crippen LogP) is 3.03. The van der Waals surface area contributed by atoms with Gasteiger partial charge in [-0.25, -0.2) is 4.98 Å². The van der Waals surface area contributed by atoms with Gasteiger partial charge in [-0.2, -0.15) is 0 Å². The lowest BCUT2D eigenvalue weighted by Crippen LogP contribution is -2.49. The van der Waals surface area contributed by atoms with Crippen molar-refractivity contribution in [2.75, 3.05) is 32.7 Å². The highest BCUT2D eigenvalue weighted by Crippen LogP contribution is 2.24. The molecule has 1 fully saturated rings. The zero-order valence-electron chi connectivity index (χ0n) is 16.0. The minimum absolute atomic E-state index is 0.132. The van der Waals surface area contributed by atoms with Crippen LogP contribution in [-0.4, -0.2) is 62.9 Å². The molecule has 1 aromatic carbocycles. The second-order valence-electron chi connectivity index (χ2n) is 7.19. The summed E-state index contributed by atoms with van der Waals surface area (Å²) in [5, 5.41) is 11.2. The lowest BCUT2D eigenvalue weighted by molar-refractivity contribution is -0.384. The van der Waals surface area contributed by atoms with Gasteiger partial charge in [-0.3, -0.25) is 19.8 Å². The smallest absolute Gasteiger partial charge is 0.270 e. The molecule has 0 bridgehead atoms. The topological polar surface area (TPSA) is 84.5 Å². The Morgan fingerprint density at radius 2 is 1.96 bits per heavy atom. The van der Waals surface area contributed by atoms with Gasteiger partial charge in [0.15, 0.2) is 0 Å². The molecule has 1 aliphatic rings. The van der Waals surface area contributed by atoms with Gasteiger partial charge >= 0.3 is 0 Å². The summed E-state index contributed by atoms with van der Waals surface area (Å²) in [4.78, 5) is 31.6. The van der Waals surface area contributed by atoms with E-state index in [-0.39, 0.29) is 22.2 Å². The van der Waals surface area contributed by atoms with Crippen molar-refractivity contribution in [3.63, 3.8) is 0 Å². The van der Waals surface area contributed by atoms with Crippen LogP contribution in [0, 0.1) is 10.1 Å². The van der Waals surface area contributed by atoms with Crippen molar-refractivity contribution in [2.24, 2.45) is 0 Å². The Balaban J connectivity index is 1.56. The van der Waals surface area contributed by atoms with Crippen molar-refractivity contribution >= 4 is 23.2 Å². The first-order chi connectivity index (χ1) is 13.4. The van der Waals surface area contributed by atoms with E-state index in [1.165, 1.54) is 18.2 Å². The average molecular weight is 406 g/mol. The highest BCUT2D eigenvalue weighted by molar-refractivity contribution is 6.33. The van der Waals surface area contributed by atoms with Crippen molar-refractivity contribution < 1.29 is 9.72 Å². The first-order valence-corrected chi connectivity index (χ1v) is 9.71. The van der Waals surface area contributed by atoms with Crippen LogP contribution in [0.4, 0.5) is 5.69 Å². The Hall–Kier alpha value is -2.45. The van der Waals surface area contributed by atoms with Crippen LogP contribution in [0.5, 0.6) is 0 Å². The van der Waals surface area contributed by atoms with Crippen LogP contribution in [0.3, 0.4) is 0 Å². The summed E-state index contributed by atoms with van der Waals surface area (Å²) in [5.41, 5.74) is 0.0528. The number of aromatic nitrogens is 2. The maximum absolute atomic E-state index is 12.8. The Labute approximate surface area is 168 Å². The maximum atomic E-state index is 12.8. The number of halogens is 1. The van der Waals surface area contributed by atoms with Gasteiger partial charge < -0.3 is 9.47 Å². The van der Waals surface area contributed by atoms with Gasteiger partial charge in [-0.1, -0.05) is 25.4 Å². The van der Waals surface area contributed by atoms with E-state index < -0.39 is 4.92 Å². The first kappa shape index (κ1) is 20.3. The molecule has 1 amide bonds. The van der Waals surface area contributed by atoms with E-state index in [0.717, 1.165) is 32.0 Å². The van der Waals surface area contributed by atoms with Crippen molar-refractivity contribution in [1.82, 2.24) is 19.4 Å². The van der Waals surface area contributed by atoms with E-state index in [4.69, 9.17) is 11.6 Å². The fraction of sp³-hybridized carbons (Fsp3) is 0.474. The van der Waals surface area contributed by atoms with Crippen LogP contribution in [0.2, 0.25) is 5.02 Å². The number of carbonyl (C=O) groups excluding carboxylic acids is 1. The Kier molecular flexibility index (Phi) is 6.31. The number of rotatable bonds is 6. The molecule has 0 radical (unpaired) electrons. The molecule has 0 saturated carbocycles. The third kappa shape index (κ3) is 4.51. The number of nitro groups is 1. The van der Waals surface area contributed by atoms with Crippen LogP contribution < -0.4 is 0 Å². The molecule has 2 heterocycles. The maximum Gasteiger partial charge on any atom is 0.270 e. The second kappa shape index (κ2) is 8.70. The summed E-state index contributed by atoms with van der Waals surface area (Å²) in [6, 6.07) is 3.96. The molecule has 9 heteroatoms. The molecular weight excluding hydrogens is 382 g/mol. The zero-order chi connectivity index (χ0) is 20.3. The van der Waals surface area contributed by atoms with E-state index in [2.05, 4.69) is 28.3 Å². The van der Waals surface area contributed by atoms with Gasteiger partial charge in [-0.15, -0.1) is 0 Å². The number of hydrogen-bond donors (Lipinski definition) is 0.